The first-order valence-corrected chi connectivity index (χ1v) is 6.14. The van der Waals surface area contributed by atoms with E-state index < -0.39 is 9.05 Å². The van der Waals surface area contributed by atoms with E-state index in [1.54, 1.807) is 19.9 Å². The van der Waals surface area contributed by atoms with E-state index in [9.17, 15) is 8.42 Å². The summed E-state index contributed by atoms with van der Waals surface area (Å²) < 4.78 is 22.2. The maximum absolute atomic E-state index is 11.1. The minimum absolute atomic E-state index is 0.121. The van der Waals surface area contributed by atoms with Crippen molar-refractivity contribution < 1.29 is 8.42 Å². The topological polar surface area (TPSA) is 57.9 Å². The zero-order valence-corrected chi connectivity index (χ0v) is 9.28. The third-order valence-electron chi connectivity index (χ3n) is 2.07. The molecule has 0 aromatic heterocycles. The highest BCUT2D eigenvalue weighted by atomic mass is 35.7. The lowest BCUT2D eigenvalue weighted by molar-refractivity contribution is 0.609. The maximum Gasteiger partial charge on any atom is 0.262 e. The van der Waals surface area contributed by atoms with E-state index in [2.05, 4.69) is 0 Å². The van der Waals surface area contributed by atoms with Crippen LogP contribution in [0, 0.1) is 25.2 Å². The molecule has 3 nitrogen and oxygen atoms in total. The van der Waals surface area contributed by atoms with E-state index in [0.29, 0.717) is 5.56 Å². The lowest BCUT2D eigenvalue weighted by atomic mass is 10.0. The Labute approximate surface area is 87.4 Å². The average molecular weight is 230 g/mol. The first-order valence-electron chi connectivity index (χ1n) is 3.83. The Bertz CT molecular complexity index is 514. The molecule has 5 heteroatoms. The van der Waals surface area contributed by atoms with Crippen LogP contribution < -0.4 is 0 Å². The van der Waals surface area contributed by atoms with Crippen molar-refractivity contribution in [2.45, 2.75) is 18.7 Å². The van der Waals surface area contributed by atoms with Gasteiger partial charge in [0.2, 0.25) is 0 Å². The molecule has 0 spiro atoms. The number of aryl methyl sites for hydroxylation is 1. The second kappa shape index (κ2) is 3.60. The Morgan fingerprint density at radius 1 is 1.36 bits per heavy atom. The molecule has 0 aliphatic carbocycles. The van der Waals surface area contributed by atoms with Crippen molar-refractivity contribution in [1.82, 2.24) is 0 Å². The number of halogens is 1. The molecule has 74 valence electrons. The van der Waals surface area contributed by atoms with Crippen molar-refractivity contribution in [3.8, 4) is 6.07 Å². The first-order chi connectivity index (χ1) is 6.38. The normalized spacial score (nSPS) is 11.0. The number of rotatable bonds is 1. The molecule has 1 rings (SSSR count). The minimum Gasteiger partial charge on any atom is -0.207 e. The lowest BCUT2D eigenvalue weighted by Gasteiger charge is -2.05. The molecular formula is C9H8ClNO2S. The van der Waals surface area contributed by atoms with Gasteiger partial charge in [-0.3, -0.25) is 0 Å². The van der Waals surface area contributed by atoms with Gasteiger partial charge in [0.25, 0.3) is 9.05 Å². The molecule has 0 fully saturated rings. The SMILES string of the molecule is Cc1ccc(S(=O)(=O)Cl)c(C#N)c1C. The number of nitrogens with zero attached hydrogens (tertiary/aromatic N) is 1. The Hall–Kier alpha value is -1.05. The van der Waals surface area contributed by atoms with Crippen molar-refractivity contribution in [2.75, 3.05) is 0 Å². The van der Waals surface area contributed by atoms with Gasteiger partial charge in [-0.1, -0.05) is 6.07 Å². The van der Waals surface area contributed by atoms with Crippen LogP contribution in [-0.2, 0) is 9.05 Å². The van der Waals surface area contributed by atoms with Crippen LogP contribution in [0.15, 0.2) is 17.0 Å². The summed E-state index contributed by atoms with van der Waals surface area (Å²) in [6, 6.07) is 4.83. The van der Waals surface area contributed by atoms with Crippen LogP contribution in [0.1, 0.15) is 16.7 Å². The van der Waals surface area contributed by atoms with Crippen molar-refractivity contribution in [3.63, 3.8) is 0 Å². The summed E-state index contributed by atoms with van der Waals surface area (Å²) >= 11 is 0. The number of nitriles is 1. The highest BCUT2D eigenvalue weighted by molar-refractivity contribution is 8.13. The highest BCUT2D eigenvalue weighted by Gasteiger charge is 2.17. The van der Waals surface area contributed by atoms with Gasteiger partial charge in [-0.2, -0.15) is 5.26 Å². The summed E-state index contributed by atoms with van der Waals surface area (Å²) in [4.78, 5) is -0.121. The van der Waals surface area contributed by atoms with Gasteiger partial charge in [-0.25, -0.2) is 8.42 Å². The second-order valence-electron chi connectivity index (χ2n) is 2.93. The third kappa shape index (κ3) is 1.89. The Kier molecular flexibility index (Phi) is 2.84. The predicted octanol–water partition coefficient (Wildman–Crippen LogP) is 2.10. The molecule has 0 bridgehead atoms. The van der Waals surface area contributed by atoms with E-state index in [1.165, 1.54) is 6.07 Å². The number of benzene rings is 1. The fourth-order valence-electron chi connectivity index (χ4n) is 1.13. The van der Waals surface area contributed by atoms with Gasteiger partial charge < -0.3 is 0 Å². The second-order valence-corrected chi connectivity index (χ2v) is 5.46. The molecule has 0 atom stereocenters. The smallest absolute Gasteiger partial charge is 0.207 e. The molecular weight excluding hydrogens is 222 g/mol. The predicted molar refractivity (Wildman–Crippen MR) is 53.7 cm³/mol. The van der Waals surface area contributed by atoms with Crippen LogP contribution in [0.4, 0.5) is 0 Å². The summed E-state index contributed by atoms with van der Waals surface area (Å²) in [5, 5.41) is 8.81. The largest absolute Gasteiger partial charge is 0.262 e. The van der Waals surface area contributed by atoms with Gasteiger partial charge >= 0.3 is 0 Å². The van der Waals surface area contributed by atoms with Crippen molar-refractivity contribution in [2.24, 2.45) is 0 Å². The number of hydrogen-bond acceptors (Lipinski definition) is 3. The molecule has 0 heterocycles. The van der Waals surface area contributed by atoms with Crippen molar-refractivity contribution in [1.29, 1.82) is 5.26 Å². The molecule has 0 aliphatic rings. The van der Waals surface area contributed by atoms with Crippen LogP contribution in [0.2, 0.25) is 0 Å². The molecule has 0 saturated carbocycles. The summed E-state index contributed by atoms with van der Waals surface area (Å²) in [5.74, 6) is 0. The molecule has 0 saturated heterocycles. The third-order valence-corrected chi connectivity index (χ3v) is 3.44. The molecule has 0 aliphatic heterocycles. The molecule has 0 amide bonds. The van der Waals surface area contributed by atoms with E-state index in [1.807, 2.05) is 6.07 Å². The maximum atomic E-state index is 11.1. The van der Waals surface area contributed by atoms with Gasteiger partial charge in [0.05, 0.1) is 5.56 Å². The summed E-state index contributed by atoms with van der Waals surface area (Å²) in [7, 11) is 1.35. The molecule has 0 radical (unpaired) electrons. The Morgan fingerprint density at radius 2 is 1.93 bits per heavy atom. The minimum atomic E-state index is -3.84. The van der Waals surface area contributed by atoms with Crippen molar-refractivity contribution in [3.05, 3.63) is 28.8 Å². The van der Waals surface area contributed by atoms with Crippen LogP contribution >= 0.6 is 10.7 Å². The Balaban J connectivity index is 3.66. The van der Waals surface area contributed by atoms with Gasteiger partial charge in [-0.15, -0.1) is 0 Å². The van der Waals surface area contributed by atoms with Gasteiger partial charge in [0.1, 0.15) is 11.0 Å². The standard InChI is InChI=1S/C9H8ClNO2S/c1-6-3-4-9(14(10,12)13)8(5-11)7(6)2/h3-4H,1-2H3. The first kappa shape index (κ1) is 11.0. The fraction of sp³-hybridized carbons (Fsp3) is 0.222. The van der Waals surface area contributed by atoms with E-state index in [0.717, 1.165) is 5.56 Å². The average Bonchev–Trinajstić information content (AvgIpc) is 2.07. The van der Waals surface area contributed by atoms with Gasteiger partial charge in [0, 0.05) is 10.7 Å². The molecule has 1 aromatic rings. The van der Waals surface area contributed by atoms with Gasteiger partial charge in [-0.05, 0) is 31.0 Å². The van der Waals surface area contributed by atoms with Crippen LogP contribution in [0.25, 0.3) is 0 Å². The van der Waals surface area contributed by atoms with E-state index in [4.69, 9.17) is 15.9 Å². The van der Waals surface area contributed by atoms with Crippen molar-refractivity contribution >= 4 is 19.7 Å². The van der Waals surface area contributed by atoms with Crippen LogP contribution in [-0.4, -0.2) is 8.42 Å². The zero-order chi connectivity index (χ0) is 10.9. The van der Waals surface area contributed by atoms with Crippen LogP contribution in [0.5, 0.6) is 0 Å². The van der Waals surface area contributed by atoms with Crippen LogP contribution in [0.3, 0.4) is 0 Å². The quantitative estimate of drug-likeness (QED) is 0.693. The molecule has 14 heavy (non-hydrogen) atoms. The van der Waals surface area contributed by atoms with E-state index >= 15 is 0 Å². The summed E-state index contributed by atoms with van der Waals surface area (Å²) in [6.07, 6.45) is 0. The number of hydrogen-bond donors (Lipinski definition) is 0. The molecule has 0 unspecified atom stereocenters. The highest BCUT2D eigenvalue weighted by Crippen LogP contribution is 2.24. The lowest BCUT2D eigenvalue weighted by Crippen LogP contribution is -1.98. The van der Waals surface area contributed by atoms with Gasteiger partial charge in [0.15, 0.2) is 0 Å². The Morgan fingerprint density at radius 3 is 2.36 bits per heavy atom. The zero-order valence-electron chi connectivity index (χ0n) is 7.70. The van der Waals surface area contributed by atoms with E-state index in [-0.39, 0.29) is 10.5 Å². The molecule has 0 N–H and O–H groups in total. The molecule has 1 aromatic carbocycles. The monoisotopic (exact) mass is 229 g/mol. The fourth-order valence-corrected chi connectivity index (χ4v) is 2.19. The summed E-state index contributed by atoms with van der Waals surface area (Å²) in [6.45, 7) is 3.50. The summed E-state index contributed by atoms with van der Waals surface area (Å²) in [5.41, 5.74) is 1.64.